The third kappa shape index (κ3) is 9.65. The third-order valence-electron chi connectivity index (χ3n) is 11.9. The van der Waals surface area contributed by atoms with Crippen LogP contribution < -0.4 is 24.8 Å². The van der Waals surface area contributed by atoms with E-state index in [0.29, 0.717) is 40.9 Å². The predicted octanol–water partition coefficient (Wildman–Crippen LogP) is 5.88. The first-order valence-corrected chi connectivity index (χ1v) is 22.6. The molecule has 7 rings (SSSR count). The summed E-state index contributed by atoms with van der Waals surface area (Å²) < 4.78 is 46.7. The summed E-state index contributed by atoms with van der Waals surface area (Å²) in [5.74, 6) is -1.68. The van der Waals surface area contributed by atoms with Gasteiger partial charge in [0.2, 0.25) is 21.8 Å². The van der Waals surface area contributed by atoms with E-state index in [1.807, 2.05) is 42.5 Å². The molecule has 15 nitrogen and oxygen atoms in total. The van der Waals surface area contributed by atoms with E-state index < -0.39 is 79.2 Å². The number of nitrogens with one attached hydrogen (secondary N) is 3. The van der Waals surface area contributed by atoms with E-state index in [1.54, 1.807) is 85.3 Å². The zero-order chi connectivity index (χ0) is 45.5. The highest BCUT2D eigenvalue weighted by Gasteiger charge is 2.63. The van der Waals surface area contributed by atoms with Gasteiger partial charge in [0.25, 0.3) is 5.91 Å². The van der Waals surface area contributed by atoms with Gasteiger partial charge >= 0.3 is 6.09 Å². The van der Waals surface area contributed by atoms with Crippen LogP contribution in [0, 0.1) is 11.3 Å². The molecule has 5 atom stereocenters. The minimum Gasteiger partial charge on any atom is -0.497 e. The van der Waals surface area contributed by atoms with Gasteiger partial charge in [0.15, 0.2) is 0 Å². The normalized spacial score (nSPS) is 22.0. The number of hydrogen-bond donors (Lipinski definition) is 3. The number of fused-ring (bicyclic) bond motifs is 1. The molecular weight excluding hydrogens is 825 g/mol. The highest BCUT2D eigenvalue weighted by atomic mass is 32.2. The number of ether oxygens (including phenoxy) is 3. The van der Waals surface area contributed by atoms with Gasteiger partial charge in [-0.2, -0.15) is 0 Å². The summed E-state index contributed by atoms with van der Waals surface area (Å²) in [6, 6.07) is 17.9. The fourth-order valence-corrected chi connectivity index (χ4v) is 9.80. The molecule has 16 heteroatoms. The summed E-state index contributed by atoms with van der Waals surface area (Å²) in [7, 11) is -2.63. The number of sulfonamides is 1. The molecule has 1 saturated heterocycles. The fourth-order valence-electron chi connectivity index (χ4n) is 8.16. The van der Waals surface area contributed by atoms with Crippen molar-refractivity contribution in [1.82, 2.24) is 30.2 Å². The van der Waals surface area contributed by atoms with Crippen molar-refractivity contribution in [2.45, 2.75) is 108 Å². The number of methoxy groups -OCH3 is 1. The Hall–Kier alpha value is -6.03. The van der Waals surface area contributed by atoms with Crippen molar-refractivity contribution in [2.24, 2.45) is 11.3 Å². The van der Waals surface area contributed by atoms with Crippen LogP contribution in [0.5, 0.6) is 11.5 Å². The second-order valence-corrected chi connectivity index (χ2v) is 20.9. The molecule has 4 amide bonds. The summed E-state index contributed by atoms with van der Waals surface area (Å²) in [4.78, 5) is 67.2. The van der Waals surface area contributed by atoms with Crippen LogP contribution in [0.4, 0.5) is 4.79 Å². The Morgan fingerprint density at radius 2 is 1.68 bits per heavy atom. The second kappa shape index (κ2) is 16.9. The highest BCUT2D eigenvalue weighted by Crippen LogP contribution is 2.49. The Morgan fingerprint density at radius 1 is 0.984 bits per heavy atom. The van der Waals surface area contributed by atoms with E-state index in [1.165, 1.54) is 11.0 Å². The quantitative estimate of drug-likeness (QED) is 0.128. The molecule has 3 fully saturated rings. The van der Waals surface area contributed by atoms with Gasteiger partial charge in [0.05, 0.1) is 29.6 Å². The lowest BCUT2D eigenvalue weighted by Gasteiger charge is -2.36. The van der Waals surface area contributed by atoms with Gasteiger partial charge in [-0.25, -0.2) is 18.2 Å². The summed E-state index contributed by atoms with van der Waals surface area (Å²) in [5, 5.41) is 6.27. The summed E-state index contributed by atoms with van der Waals surface area (Å²) in [5.41, 5.74) is -0.517. The molecule has 4 aromatic rings. The maximum atomic E-state index is 14.8. The van der Waals surface area contributed by atoms with E-state index in [9.17, 15) is 27.6 Å². The minimum absolute atomic E-state index is 0.00862. The predicted molar refractivity (Wildman–Crippen MR) is 237 cm³/mol. The van der Waals surface area contributed by atoms with Gasteiger partial charge in [-0.05, 0) is 81.7 Å². The van der Waals surface area contributed by atoms with Gasteiger partial charge in [-0.15, -0.1) is 6.58 Å². The molecule has 2 aromatic heterocycles. The molecule has 3 heterocycles. The average Bonchev–Trinajstić information content (AvgIpc) is 4.13. The smallest absolute Gasteiger partial charge is 0.408 e. The van der Waals surface area contributed by atoms with Crippen molar-refractivity contribution >= 4 is 44.7 Å². The Balaban J connectivity index is 1.20. The highest BCUT2D eigenvalue weighted by molar-refractivity contribution is 7.91. The Morgan fingerprint density at radius 3 is 2.29 bits per heavy atom. The molecule has 0 spiro atoms. The van der Waals surface area contributed by atoms with Crippen LogP contribution in [0.1, 0.15) is 72.8 Å². The lowest BCUT2D eigenvalue weighted by Crippen LogP contribution is -2.60. The fraction of sp³-hybridized carbons (Fsp3) is 0.447. The molecule has 2 aromatic carbocycles. The summed E-state index contributed by atoms with van der Waals surface area (Å²) >= 11 is 0. The molecule has 3 N–H and O–H groups in total. The largest absolute Gasteiger partial charge is 0.497 e. The first kappa shape index (κ1) is 45.0. The van der Waals surface area contributed by atoms with Crippen LogP contribution in [-0.2, 0) is 35.6 Å². The molecule has 2 aliphatic carbocycles. The topological polar surface area (TPSA) is 195 Å². The number of pyridine rings is 2. The molecule has 5 unspecified atom stereocenters. The summed E-state index contributed by atoms with van der Waals surface area (Å²) in [6.45, 7) is 14.3. The van der Waals surface area contributed by atoms with E-state index in [0.717, 1.165) is 11.1 Å². The number of rotatable bonds is 14. The number of carbonyl (C=O) groups excluding carboxylic acids is 4. The Labute approximate surface area is 368 Å². The SMILES string of the molecule is C=CC1CC1(NC(=O)C1CC(Oc2cc(-c3ccccc3)nc3cc(OC)ccc23)CN1C(=O)C(NC(=O)OC(C)(C)C)C(C)(C)C)C(=O)NS(=O)(=O)C1(Cc2ccncc2)CC1. The van der Waals surface area contributed by atoms with E-state index in [4.69, 9.17) is 19.2 Å². The summed E-state index contributed by atoms with van der Waals surface area (Å²) in [6.07, 6.45) is 4.13. The van der Waals surface area contributed by atoms with E-state index in [-0.39, 0.29) is 25.8 Å². The number of amides is 4. The molecule has 63 heavy (non-hydrogen) atoms. The number of nitrogens with zero attached hydrogens (tertiary/aromatic N) is 3. The van der Waals surface area contributed by atoms with E-state index >= 15 is 0 Å². The standard InChI is InChI=1S/C47H56N6O9S/c1-9-31-27-47(31,42(56)52-63(58,59)46(19-20-46)26-29-17-21-48-22-18-29)51-40(54)37-24-33(28-53(37)41(55)39(44(2,3)4)50-43(57)62-45(5,6)7)61-38-25-35(30-13-11-10-12-14-30)49-36-23-32(60-8)15-16-34(36)38/h9-18,21-23,25,31,33,37,39H,1,19-20,24,26-28H2,2-8H3,(H,50,57)(H,51,54)(H,52,56). The number of benzene rings is 2. The molecule has 2 saturated carbocycles. The zero-order valence-corrected chi connectivity index (χ0v) is 37.6. The first-order valence-electron chi connectivity index (χ1n) is 21.1. The molecule has 0 radical (unpaired) electrons. The van der Waals surface area contributed by atoms with Crippen molar-refractivity contribution in [2.75, 3.05) is 13.7 Å². The molecule has 334 valence electrons. The van der Waals surface area contributed by atoms with Crippen molar-refractivity contribution in [3.05, 3.63) is 97.3 Å². The average molecular weight is 881 g/mol. The maximum Gasteiger partial charge on any atom is 0.408 e. The zero-order valence-electron chi connectivity index (χ0n) is 36.8. The van der Waals surface area contributed by atoms with Crippen molar-refractivity contribution in [3.63, 3.8) is 0 Å². The van der Waals surface area contributed by atoms with Crippen LogP contribution in [0.2, 0.25) is 0 Å². The molecular formula is C47H56N6O9S. The Kier molecular flexibility index (Phi) is 12.1. The van der Waals surface area contributed by atoms with Crippen LogP contribution in [-0.4, -0.2) is 94.8 Å². The van der Waals surface area contributed by atoms with Crippen LogP contribution >= 0.6 is 0 Å². The monoisotopic (exact) mass is 880 g/mol. The van der Waals surface area contributed by atoms with Gasteiger partial charge in [0.1, 0.15) is 40.8 Å². The number of hydrogen-bond acceptors (Lipinski definition) is 11. The van der Waals surface area contributed by atoms with Crippen molar-refractivity contribution in [3.8, 4) is 22.8 Å². The van der Waals surface area contributed by atoms with Crippen molar-refractivity contribution in [1.29, 1.82) is 0 Å². The van der Waals surface area contributed by atoms with Crippen LogP contribution in [0.3, 0.4) is 0 Å². The van der Waals surface area contributed by atoms with Crippen molar-refractivity contribution < 1.29 is 41.8 Å². The molecule has 0 bridgehead atoms. The molecule has 3 aliphatic rings. The maximum absolute atomic E-state index is 14.8. The molecule has 1 aliphatic heterocycles. The Bertz CT molecular complexity index is 2520. The van der Waals surface area contributed by atoms with Crippen LogP contribution in [0.25, 0.3) is 22.2 Å². The van der Waals surface area contributed by atoms with Gasteiger partial charge < -0.3 is 29.7 Å². The first-order chi connectivity index (χ1) is 29.7. The lowest BCUT2D eigenvalue weighted by atomic mass is 9.85. The number of likely N-dealkylation sites (tertiary alicyclic amines) is 1. The number of carbonyl (C=O) groups is 4. The minimum atomic E-state index is -4.20. The van der Waals surface area contributed by atoms with E-state index in [2.05, 4.69) is 26.9 Å². The van der Waals surface area contributed by atoms with Gasteiger partial charge in [0, 0.05) is 47.8 Å². The van der Waals surface area contributed by atoms with Crippen LogP contribution in [0.15, 0.2) is 91.8 Å². The third-order valence-corrected chi connectivity index (χ3v) is 14.0. The number of aromatic nitrogens is 2. The number of alkyl carbamates (subject to hydrolysis) is 1. The van der Waals surface area contributed by atoms with Gasteiger partial charge in [-0.1, -0.05) is 57.2 Å². The van der Waals surface area contributed by atoms with Gasteiger partial charge in [-0.3, -0.25) is 24.1 Å². The second-order valence-electron chi connectivity index (χ2n) is 18.8. The lowest BCUT2D eigenvalue weighted by molar-refractivity contribution is -0.143.